The van der Waals surface area contributed by atoms with Gasteiger partial charge in [-0.3, -0.25) is 4.79 Å². The molecule has 2 nitrogen and oxygen atoms in total. The van der Waals surface area contributed by atoms with E-state index >= 15 is 0 Å². The van der Waals surface area contributed by atoms with E-state index in [1.807, 2.05) is 0 Å². The Balaban J connectivity index is 2.52. The summed E-state index contributed by atoms with van der Waals surface area (Å²) in [5.41, 5.74) is 6.40. The molecule has 0 N–H and O–H groups in total. The van der Waals surface area contributed by atoms with Crippen LogP contribution in [0, 0.1) is 0 Å². The molecule has 0 aromatic heterocycles. The summed E-state index contributed by atoms with van der Waals surface area (Å²) in [6.45, 7) is 11.7. The lowest BCUT2D eigenvalue weighted by Gasteiger charge is -2.27. The number of likely N-dealkylation sites (tertiary alicyclic amines) is 1. The molecule has 2 rings (SSSR count). The molecule has 1 aliphatic carbocycles. The first-order valence-corrected chi connectivity index (χ1v) is 8.39. The van der Waals surface area contributed by atoms with Crippen molar-refractivity contribution in [3.05, 3.63) is 34.1 Å². The smallest absolute Gasteiger partial charge is 0.160 e. The Hall–Kier alpha value is -1.31. The maximum Gasteiger partial charge on any atom is 0.160 e. The van der Waals surface area contributed by atoms with Gasteiger partial charge in [0.05, 0.1) is 0 Å². The lowest BCUT2D eigenvalue weighted by Crippen LogP contribution is -2.26. The van der Waals surface area contributed by atoms with Crippen LogP contribution in [0.2, 0.25) is 0 Å². The van der Waals surface area contributed by atoms with E-state index in [1.54, 1.807) is 6.92 Å². The monoisotopic (exact) mass is 287 g/mol. The third kappa shape index (κ3) is 3.14. The first kappa shape index (κ1) is 16.1. The molecular formula is C19H29NO. The topological polar surface area (TPSA) is 20.3 Å². The molecule has 1 heterocycles. The fraction of sp³-hybridized carbons (Fsp3) is 0.632. The van der Waals surface area contributed by atoms with Crippen molar-refractivity contribution in [2.24, 2.45) is 0 Å². The van der Waals surface area contributed by atoms with Crippen LogP contribution in [0.1, 0.15) is 66.7 Å². The van der Waals surface area contributed by atoms with Gasteiger partial charge in [0.1, 0.15) is 0 Å². The van der Waals surface area contributed by atoms with Crippen LogP contribution in [0.5, 0.6) is 0 Å². The normalized spacial score (nSPS) is 23.6. The predicted molar refractivity (Wildman–Crippen MR) is 89.1 cm³/mol. The van der Waals surface area contributed by atoms with E-state index in [4.69, 9.17) is 0 Å². The molecule has 1 fully saturated rings. The summed E-state index contributed by atoms with van der Waals surface area (Å²) in [6.07, 6.45) is 7.70. The summed E-state index contributed by atoms with van der Waals surface area (Å²) in [6, 6.07) is 0.590. The van der Waals surface area contributed by atoms with Crippen LogP contribution in [0.4, 0.5) is 0 Å². The fourth-order valence-electron chi connectivity index (χ4n) is 3.77. The second-order valence-electron chi connectivity index (χ2n) is 6.43. The van der Waals surface area contributed by atoms with Gasteiger partial charge in [-0.15, -0.1) is 0 Å². The number of carbonyl (C=O) groups excluding carboxylic acids is 1. The minimum atomic E-state index is 0.205. The second kappa shape index (κ2) is 6.64. The highest BCUT2D eigenvalue weighted by Crippen LogP contribution is 2.35. The molecule has 0 radical (unpaired) electrons. The van der Waals surface area contributed by atoms with Crippen molar-refractivity contribution in [2.75, 3.05) is 6.54 Å². The summed E-state index contributed by atoms with van der Waals surface area (Å²) in [7, 11) is 0. The van der Waals surface area contributed by atoms with Crippen LogP contribution >= 0.6 is 0 Å². The van der Waals surface area contributed by atoms with Gasteiger partial charge in [-0.2, -0.15) is 0 Å². The summed E-state index contributed by atoms with van der Waals surface area (Å²) in [5.74, 6) is 0.205. The molecule has 2 heteroatoms. The maximum absolute atomic E-state index is 12.2. The zero-order valence-electron chi connectivity index (χ0n) is 14.3. The number of ketones is 1. The van der Waals surface area contributed by atoms with Crippen LogP contribution in [0.15, 0.2) is 34.1 Å². The molecule has 21 heavy (non-hydrogen) atoms. The first-order chi connectivity index (χ1) is 9.99. The Labute approximate surface area is 129 Å². The Morgan fingerprint density at radius 3 is 2.52 bits per heavy atom. The summed E-state index contributed by atoms with van der Waals surface area (Å²) in [4.78, 5) is 14.7. The van der Waals surface area contributed by atoms with Crippen molar-refractivity contribution in [1.82, 2.24) is 4.90 Å². The van der Waals surface area contributed by atoms with E-state index < -0.39 is 0 Å². The largest absolute Gasteiger partial charge is 0.369 e. The van der Waals surface area contributed by atoms with Gasteiger partial charge in [-0.25, -0.2) is 0 Å². The minimum absolute atomic E-state index is 0.205. The quantitative estimate of drug-likeness (QED) is 0.741. The lowest BCUT2D eigenvalue weighted by molar-refractivity contribution is -0.113. The third-order valence-corrected chi connectivity index (χ3v) is 4.97. The SMILES string of the molecule is CCC1=C(CC)C(C(C)=O)=CC(N2CCCC2C)=C(C)C1. The molecule has 1 atom stereocenters. The van der Waals surface area contributed by atoms with Crippen molar-refractivity contribution in [3.63, 3.8) is 0 Å². The Morgan fingerprint density at radius 2 is 2.05 bits per heavy atom. The summed E-state index contributed by atoms with van der Waals surface area (Å²) >= 11 is 0. The number of hydrogen-bond acceptors (Lipinski definition) is 2. The van der Waals surface area contributed by atoms with Crippen molar-refractivity contribution in [1.29, 1.82) is 0 Å². The molecule has 1 saturated heterocycles. The van der Waals surface area contributed by atoms with Crippen molar-refractivity contribution >= 4 is 5.78 Å². The van der Waals surface area contributed by atoms with Gasteiger partial charge < -0.3 is 4.90 Å². The van der Waals surface area contributed by atoms with Crippen LogP contribution < -0.4 is 0 Å². The van der Waals surface area contributed by atoms with E-state index in [2.05, 4.69) is 38.7 Å². The van der Waals surface area contributed by atoms with Gasteiger partial charge in [-0.05, 0) is 70.1 Å². The standard InChI is InChI=1S/C19H29NO/c1-6-16-11-13(3)19(20-10-8-9-14(20)4)12-18(15(5)21)17(16)7-2/h12,14H,6-11H2,1-5H3. The highest BCUT2D eigenvalue weighted by atomic mass is 16.1. The van der Waals surface area contributed by atoms with Crippen LogP contribution in [-0.2, 0) is 4.79 Å². The highest BCUT2D eigenvalue weighted by Gasteiger charge is 2.26. The van der Waals surface area contributed by atoms with Gasteiger partial charge in [-0.1, -0.05) is 19.4 Å². The molecule has 0 aromatic rings. The van der Waals surface area contributed by atoms with Crippen LogP contribution in [-0.4, -0.2) is 23.3 Å². The van der Waals surface area contributed by atoms with Gasteiger partial charge in [0.25, 0.3) is 0 Å². The Kier molecular flexibility index (Phi) is 5.08. The van der Waals surface area contributed by atoms with E-state index in [0.717, 1.165) is 31.4 Å². The molecule has 0 amide bonds. The molecule has 0 bridgehead atoms. The Morgan fingerprint density at radius 1 is 1.33 bits per heavy atom. The number of nitrogens with zero attached hydrogens (tertiary/aromatic N) is 1. The molecule has 116 valence electrons. The molecule has 0 aromatic carbocycles. The number of Topliss-reactive ketones (excluding diaryl/α,β-unsaturated/α-hetero) is 1. The molecule has 0 saturated carbocycles. The molecule has 1 unspecified atom stereocenters. The van der Waals surface area contributed by atoms with Crippen LogP contribution in [0.25, 0.3) is 0 Å². The van der Waals surface area contributed by atoms with Crippen LogP contribution in [0.3, 0.4) is 0 Å². The number of hydrogen-bond donors (Lipinski definition) is 0. The zero-order valence-corrected chi connectivity index (χ0v) is 14.3. The number of carbonyl (C=O) groups is 1. The fourth-order valence-corrected chi connectivity index (χ4v) is 3.77. The third-order valence-electron chi connectivity index (χ3n) is 4.97. The number of allylic oxidation sites excluding steroid dienone is 5. The highest BCUT2D eigenvalue weighted by molar-refractivity contribution is 5.98. The van der Waals surface area contributed by atoms with E-state index in [1.165, 1.54) is 35.3 Å². The van der Waals surface area contributed by atoms with Crippen molar-refractivity contribution in [2.45, 2.75) is 72.8 Å². The first-order valence-electron chi connectivity index (χ1n) is 8.39. The maximum atomic E-state index is 12.2. The van der Waals surface area contributed by atoms with Crippen molar-refractivity contribution in [3.8, 4) is 0 Å². The van der Waals surface area contributed by atoms with Gasteiger partial charge in [0.15, 0.2) is 5.78 Å². The average Bonchev–Trinajstić information content (AvgIpc) is 2.80. The molecule has 2 aliphatic rings. The molecule has 1 aliphatic heterocycles. The van der Waals surface area contributed by atoms with E-state index in [0.29, 0.717) is 6.04 Å². The summed E-state index contributed by atoms with van der Waals surface area (Å²) < 4.78 is 0. The van der Waals surface area contributed by atoms with Gasteiger partial charge in [0.2, 0.25) is 0 Å². The van der Waals surface area contributed by atoms with Gasteiger partial charge in [0, 0.05) is 23.9 Å². The van der Waals surface area contributed by atoms with E-state index in [9.17, 15) is 4.79 Å². The van der Waals surface area contributed by atoms with Gasteiger partial charge >= 0.3 is 0 Å². The van der Waals surface area contributed by atoms with E-state index in [-0.39, 0.29) is 5.78 Å². The molecular weight excluding hydrogens is 258 g/mol. The predicted octanol–water partition coefficient (Wildman–Crippen LogP) is 4.78. The minimum Gasteiger partial charge on any atom is -0.369 e. The molecule has 0 spiro atoms. The summed E-state index contributed by atoms with van der Waals surface area (Å²) in [5, 5.41) is 0. The Bertz CT molecular complexity index is 522. The second-order valence-corrected chi connectivity index (χ2v) is 6.43. The zero-order chi connectivity index (χ0) is 15.6. The average molecular weight is 287 g/mol. The van der Waals surface area contributed by atoms with Crippen molar-refractivity contribution < 1.29 is 4.79 Å². The lowest BCUT2D eigenvalue weighted by atomic mass is 9.92. The number of rotatable bonds is 4.